The fourth-order valence-electron chi connectivity index (χ4n) is 3.82. The van der Waals surface area contributed by atoms with Crippen molar-refractivity contribution in [2.75, 3.05) is 40.0 Å². The highest BCUT2D eigenvalue weighted by Crippen LogP contribution is 2.34. The Bertz CT molecular complexity index is 845. The molecule has 6 nitrogen and oxygen atoms in total. The maximum atomic E-state index is 13.1. The molecule has 1 fully saturated rings. The van der Waals surface area contributed by atoms with Crippen LogP contribution in [0.3, 0.4) is 0 Å². The summed E-state index contributed by atoms with van der Waals surface area (Å²) in [5, 5.41) is 6.43. The Morgan fingerprint density at radius 3 is 2.52 bits per heavy atom. The summed E-state index contributed by atoms with van der Waals surface area (Å²) >= 11 is 0. The molecule has 2 heterocycles. The maximum absolute atomic E-state index is 13.1. The molecular weight excluding hydrogens is 366 g/mol. The molecule has 4 rings (SSSR count). The Morgan fingerprint density at radius 1 is 1.10 bits per heavy atom. The van der Waals surface area contributed by atoms with Crippen molar-refractivity contribution in [2.24, 2.45) is 5.10 Å². The third kappa shape index (κ3) is 4.66. The van der Waals surface area contributed by atoms with Crippen molar-refractivity contribution in [1.29, 1.82) is 0 Å². The highest BCUT2D eigenvalue weighted by atomic mass is 16.5. The first kappa shape index (κ1) is 19.6. The van der Waals surface area contributed by atoms with Crippen molar-refractivity contribution < 1.29 is 14.3 Å². The second kappa shape index (κ2) is 9.20. The minimum Gasteiger partial charge on any atom is -0.497 e. The summed E-state index contributed by atoms with van der Waals surface area (Å²) in [4.78, 5) is 15.4. The molecule has 0 spiro atoms. The molecule has 0 bridgehead atoms. The third-order valence-electron chi connectivity index (χ3n) is 5.52. The van der Waals surface area contributed by atoms with Crippen molar-refractivity contribution in [3.63, 3.8) is 0 Å². The molecule has 1 atom stereocenters. The van der Waals surface area contributed by atoms with Gasteiger partial charge in [-0.15, -0.1) is 0 Å². The lowest BCUT2D eigenvalue weighted by molar-refractivity contribution is -0.133. The standard InChI is InChI=1S/C23H27N3O3/c1-28-20-9-7-19(8-10-20)22-17-21(18-5-3-2-4-6-18)24-26(22)23(27)11-12-25-13-15-29-16-14-25/h2-10,22H,11-17H2,1H3. The Kier molecular flexibility index (Phi) is 6.22. The van der Waals surface area contributed by atoms with Crippen LogP contribution in [0, 0.1) is 0 Å². The van der Waals surface area contributed by atoms with E-state index >= 15 is 0 Å². The van der Waals surface area contributed by atoms with Gasteiger partial charge in [0.05, 0.1) is 32.1 Å². The first-order valence-electron chi connectivity index (χ1n) is 10.1. The van der Waals surface area contributed by atoms with Crippen LogP contribution in [-0.4, -0.2) is 61.5 Å². The molecule has 29 heavy (non-hydrogen) atoms. The Balaban J connectivity index is 1.52. The number of amides is 1. The van der Waals surface area contributed by atoms with Crippen LogP contribution in [0.2, 0.25) is 0 Å². The van der Waals surface area contributed by atoms with Gasteiger partial charge in [0.1, 0.15) is 5.75 Å². The van der Waals surface area contributed by atoms with Crippen LogP contribution in [0.4, 0.5) is 0 Å². The van der Waals surface area contributed by atoms with Gasteiger partial charge < -0.3 is 9.47 Å². The van der Waals surface area contributed by atoms with Gasteiger partial charge in [0.2, 0.25) is 5.91 Å². The first-order chi connectivity index (χ1) is 14.2. The van der Waals surface area contributed by atoms with Gasteiger partial charge in [-0.3, -0.25) is 9.69 Å². The number of morpholine rings is 1. The molecule has 152 valence electrons. The molecule has 1 unspecified atom stereocenters. The summed E-state index contributed by atoms with van der Waals surface area (Å²) in [7, 11) is 1.66. The summed E-state index contributed by atoms with van der Waals surface area (Å²) in [6.45, 7) is 3.98. The number of methoxy groups -OCH3 is 1. The third-order valence-corrected chi connectivity index (χ3v) is 5.52. The molecule has 0 radical (unpaired) electrons. The molecule has 0 aromatic heterocycles. The number of benzene rings is 2. The average molecular weight is 393 g/mol. The zero-order valence-electron chi connectivity index (χ0n) is 16.8. The number of hydrogen-bond donors (Lipinski definition) is 0. The summed E-state index contributed by atoms with van der Waals surface area (Å²) in [5.41, 5.74) is 3.08. The van der Waals surface area contributed by atoms with Crippen LogP contribution >= 0.6 is 0 Å². The number of nitrogens with zero attached hydrogens (tertiary/aromatic N) is 3. The summed E-state index contributed by atoms with van der Waals surface area (Å²) < 4.78 is 10.7. The van der Waals surface area contributed by atoms with Crippen molar-refractivity contribution in [3.05, 3.63) is 65.7 Å². The number of carbonyl (C=O) groups is 1. The van der Waals surface area contributed by atoms with Crippen molar-refractivity contribution in [3.8, 4) is 5.75 Å². The van der Waals surface area contributed by atoms with Gasteiger partial charge in [-0.25, -0.2) is 5.01 Å². The fourth-order valence-corrected chi connectivity index (χ4v) is 3.82. The number of hydrazone groups is 1. The van der Waals surface area contributed by atoms with Crippen LogP contribution < -0.4 is 4.74 Å². The van der Waals surface area contributed by atoms with E-state index in [0.29, 0.717) is 12.8 Å². The SMILES string of the molecule is COc1ccc(C2CC(c3ccccc3)=NN2C(=O)CCN2CCOCC2)cc1. The molecule has 2 aromatic carbocycles. The fraction of sp³-hybridized carbons (Fsp3) is 0.391. The van der Waals surface area contributed by atoms with Crippen LogP contribution in [0.25, 0.3) is 0 Å². The van der Waals surface area contributed by atoms with Crippen LogP contribution in [0.1, 0.15) is 30.0 Å². The summed E-state index contributed by atoms with van der Waals surface area (Å²) in [5.74, 6) is 0.865. The highest BCUT2D eigenvalue weighted by Gasteiger charge is 2.33. The van der Waals surface area contributed by atoms with E-state index in [-0.39, 0.29) is 11.9 Å². The number of rotatable bonds is 6. The van der Waals surface area contributed by atoms with E-state index in [1.807, 2.05) is 54.6 Å². The number of ether oxygens (including phenoxy) is 2. The van der Waals surface area contributed by atoms with E-state index in [1.54, 1.807) is 12.1 Å². The lowest BCUT2D eigenvalue weighted by Gasteiger charge is -2.27. The molecule has 0 N–H and O–H groups in total. The Labute approximate surface area is 171 Å². The lowest BCUT2D eigenvalue weighted by atomic mass is 9.98. The molecule has 2 aliphatic heterocycles. The van der Waals surface area contributed by atoms with Gasteiger partial charge in [0.25, 0.3) is 0 Å². The molecule has 0 saturated carbocycles. The van der Waals surface area contributed by atoms with Crippen molar-refractivity contribution >= 4 is 11.6 Å². The monoisotopic (exact) mass is 393 g/mol. The zero-order valence-corrected chi connectivity index (χ0v) is 16.8. The molecule has 0 aliphatic carbocycles. The highest BCUT2D eigenvalue weighted by molar-refractivity contribution is 6.03. The van der Waals surface area contributed by atoms with E-state index in [4.69, 9.17) is 14.6 Å². The Morgan fingerprint density at radius 2 is 1.83 bits per heavy atom. The number of hydrogen-bond acceptors (Lipinski definition) is 5. The summed E-state index contributed by atoms with van der Waals surface area (Å²) in [6, 6.07) is 17.9. The molecule has 2 aliphatic rings. The maximum Gasteiger partial charge on any atom is 0.244 e. The van der Waals surface area contributed by atoms with Gasteiger partial charge >= 0.3 is 0 Å². The molecule has 1 saturated heterocycles. The average Bonchev–Trinajstić information content (AvgIpc) is 3.24. The second-order valence-corrected chi connectivity index (χ2v) is 7.35. The molecular formula is C23H27N3O3. The van der Waals surface area contributed by atoms with E-state index in [9.17, 15) is 4.79 Å². The van der Waals surface area contributed by atoms with Gasteiger partial charge in [-0.05, 0) is 23.3 Å². The zero-order chi connectivity index (χ0) is 20.1. The van der Waals surface area contributed by atoms with Crippen molar-refractivity contribution in [1.82, 2.24) is 9.91 Å². The van der Waals surface area contributed by atoms with Gasteiger partial charge in [-0.2, -0.15) is 5.10 Å². The second-order valence-electron chi connectivity index (χ2n) is 7.35. The van der Waals surface area contributed by atoms with Crippen LogP contribution in [0.5, 0.6) is 5.75 Å². The first-order valence-corrected chi connectivity index (χ1v) is 10.1. The van der Waals surface area contributed by atoms with Crippen LogP contribution in [0.15, 0.2) is 59.7 Å². The van der Waals surface area contributed by atoms with Gasteiger partial charge in [0.15, 0.2) is 0 Å². The summed E-state index contributed by atoms with van der Waals surface area (Å²) in [6.07, 6.45) is 1.16. The van der Waals surface area contributed by atoms with E-state index < -0.39 is 0 Å². The predicted octanol–water partition coefficient (Wildman–Crippen LogP) is 3.10. The van der Waals surface area contributed by atoms with Gasteiger partial charge in [-0.1, -0.05) is 42.5 Å². The Hall–Kier alpha value is -2.70. The molecule has 2 aromatic rings. The van der Waals surface area contributed by atoms with Crippen LogP contribution in [-0.2, 0) is 9.53 Å². The van der Waals surface area contributed by atoms with E-state index in [1.165, 1.54) is 0 Å². The van der Waals surface area contributed by atoms with E-state index in [2.05, 4.69) is 4.90 Å². The molecule has 6 heteroatoms. The quantitative estimate of drug-likeness (QED) is 0.757. The minimum absolute atomic E-state index is 0.0586. The van der Waals surface area contributed by atoms with Crippen molar-refractivity contribution in [2.45, 2.75) is 18.9 Å². The smallest absolute Gasteiger partial charge is 0.244 e. The minimum atomic E-state index is -0.0895. The topological polar surface area (TPSA) is 54.4 Å². The largest absolute Gasteiger partial charge is 0.497 e. The number of carbonyl (C=O) groups excluding carboxylic acids is 1. The molecule has 1 amide bonds. The van der Waals surface area contributed by atoms with E-state index in [0.717, 1.165) is 55.4 Å². The van der Waals surface area contributed by atoms with Gasteiger partial charge in [0, 0.05) is 32.5 Å². The normalized spacial score (nSPS) is 19.8. The lowest BCUT2D eigenvalue weighted by Crippen LogP contribution is -2.39. The predicted molar refractivity (Wildman–Crippen MR) is 112 cm³/mol.